The number of aromatic nitrogens is 3. The topological polar surface area (TPSA) is 63.1 Å². The Kier molecular flexibility index (Phi) is 3.87. The van der Waals surface area contributed by atoms with Gasteiger partial charge in [-0.15, -0.1) is 10.2 Å². The summed E-state index contributed by atoms with van der Waals surface area (Å²) in [5.74, 6) is 2.72. The van der Waals surface area contributed by atoms with Crippen LogP contribution < -0.4 is 5.32 Å². The third kappa shape index (κ3) is 2.77. The molecule has 3 aliphatic rings. The Morgan fingerprint density at radius 1 is 1.13 bits per heavy atom. The van der Waals surface area contributed by atoms with Crippen molar-refractivity contribution >= 4 is 5.91 Å². The summed E-state index contributed by atoms with van der Waals surface area (Å²) >= 11 is 0. The molecule has 0 radical (unpaired) electrons. The van der Waals surface area contributed by atoms with E-state index in [1.807, 2.05) is 13.8 Å². The first-order valence-electron chi connectivity index (χ1n) is 9.09. The number of hydrogen-bond acceptors (Lipinski definition) is 4. The molecule has 0 bridgehead atoms. The molecule has 0 spiro atoms. The van der Waals surface area contributed by atoms with Crippen molar-refractivity contribution in [1.29, 1.82) is 0 Å². The van der Waals surface area contributed by atoms with Crippen LogP contribution in [0.4, 0.5) is 0 Å². The molecule has 23 heavy (non-hydrogen) atoms. The smallest absolute Gasteiger partial charge is 0.289 e. The summed E-state index contributed by atoms with van der Waals surface area (Å²) in [6.45, 7) is 7.22. The summed E-state index contributed by atoms with van der Waals surface area (Å²) in [5, 5.41) is 11.4. The van der Waals surface area contributed by atoms with Gasteiger partial charge in [0, 0.05) is 38.1 Å². The fourth-order valence-corrected chi connectivity index (χ4v) is 4.62. The lowest BCUT2D eigenvalue weighted by Crippen LogP contribution is -2.35. The van der Waals surface area contributed by atoms with E-state index in [1.165, 1.54) is 38.8 Å². The number of nitrogens with zero attached hydrogens (tertiary/aromatic N) is 4. The highest BCUT2D eigenvalue weighted by atomic mass is 16.2. The first-order chi connectivity index (χ1) is 11.1. The summed E-state index contributed by atoms with van der Waals surface area (Å²) in [4.78, 5) is 15.0. The van der Waals surface area contributed by atoms with Crippen LogP contribution in [-0.2, 0) is 13.0 Å². The van der Waals surface area contributed by atoms with Crippen molar-refractivity contribution in [3.05, 3.63) is 11.6 Å². The van der Waals surface area contributed by atoms with Gasteiger partial charge in [0.2, 0.25) is 5.82 Å². The maximum Gasteiger partial charge on any atom is 0.289 e. The van der Waals surface area contributed by atoms with E-state index >= 15 is 0 Å². The second-order valence-corrected chi connectivity index (χ2v) is 7.80. The highest BCUT2D eigenvalue weighted by molar-refractivity contribution is 5.90. The van der Waals surface area contributed by atoms with Crippen LogP contribution >= 0.6 is 0 Å². The lowest BCUT2D eigenvalue weighted by Gasteiger charge is -2.25. The zero-order valence-corrected chi connectivity index (χ0v) is 14.2. The molecule has 2 fully saturated rings. The number of amides is 1. The fourth-order valence-electron chi connectivity index (χ4n) is 4.62. The molecule has 1 aromatic heterocycles. The van der Waals surface area contributed by atoms with E-state index in [-0.39, 0.29) is 11.9 Å². The second-order valence-electron chi connectivity index (χ2n) is 7.80. The number of carbonyl (C=O) groups is 1. The van der Waals surface area contributed by atoms with Gasteiger partial charge in [0.1, 0.15) is 5.82 Å². The summed E-state index contributed by atoms with van der Waals surface area (Å²) in [6.07, 6.45) is 6.49. The molecule has 6 heteroatoms. The molecule has 0 unspecified atom stereocenters. The lowest BCUT2D eigenvalue weighted by atomic mass is 9.89. The molecule has 1 saturated carbocycles. The normalized spacial score (nSPS) is 28.1. The van der Waals surface area contributed by atoms with Gasteiger partial charge in [-0.1, -0.05) is 12.8 Å². The molecule has 1 amide bonds. The molecule has 1 N–H and O–H groups in total. The van der Waals surface area contributed by atoms with E-state index in [0.717, 1.165) is 24.8 Å². The second kappa shape index (κ2) is 5.89. The van der Waals surface area contributed by atoms with E-state index < -0.39 is 0 Å². The SMILES string of the molecule is CC(C)NC(=O)c1nnc2n1C[C@@H]1CN(C3CCCC3)C[C@@H]1C2. The molecule has 0 aromatic carbocycles. The highest BCUT2D eigenvalue weighted by Gasteiger charge is 2.41. The van der Waals surface area contributed by atoms with Crippen LogP contribution in [0.3, 0.4) is 0 Å². The van der Waals surface area contributed by atoms with Crippen LogP contribution in [0, 0.1) is 11.8 Å². The van der Waals surface area contributed by atoms with Crippen molar-refractivity contribution in [2.75, 3.05) is 13.1 Å². The summed E-state index contributed by atoms with van der Waals surface area (Å²) in [6, 6.07) is 0.922. The number of likely N-dealkylation sites (tertiary alicyclic amines) is 1. The van der Waals surface area contributed by atoms with E-state index in [1.54, 1.807) is 0 Å². The third-order valence-electron chi connectivity index (χ3n) is 5.76. The minimum atomic E-state index is -0.0946. The van der Waals surface area contributed by atoms with E-state index in [0.29, 0.717) is 17.7 Å². The van der Waals surface area contributed by atoms with E-state index in [9.17, 15) is 4.79 Å². The van der Waals surface area contributed by atoms with Gasteiger partial charge >= 0.3 is 0 Å². The van der Waals surface area contributed by atoms with Crippen LogP contribution in [0.5, 0.6) is 0 Å². The number of fused-ring (bicyclic) bond motifs is 2. The van der Waals surface area contributed by atoms with Crippen molar-refractivity contribution in [3.8, 4) is 0 Å². The Morgan fingerprint density at radius 3 is 2.61 bits per heavy atom. The monoisotopic (exact) mass is 317 g/mol. The average molecular weight is 317 g/mol. The van der Waals surface area contributed by atoms with Crippen molar-refractivity contribution in [1.82, 2.24) is 25.0 Å². The molecule has 4 rings (SSSR count). The molecular weight excluding hydrogens is 290 g/mol. The van der Waals surface area contributed by atoms with Crippen molar-refractivity contribution < 1.29 is 4.79 Å². The number of carbonyl (C=O) groups excluding carboxylic acids is 1. The third-order valence-corrected chi connectivity index (χ3v) is 5.76. The first-order valence-corrected chi connectivity index (χ1v) is 9.09. The van der Waals surface area contributed by atoms with Crippen molar-refractivity contribution in [2.24, 2.45) is 11.8 Å². The highest BCUT2D eigenvalue weighted by Crippen LogP contribution is 2.36. The van der Waals surface area contributed by atoms with Gasteiger partial charge in [-0.25, -0.2) is 0 Å². The maximum atomic E-state index is 12.3. The zero-order valence-electron chi connectivity index (χ0n) is 14.2. The fraction of sp³-hybridized carbons (Fsp3) is 0.824. The van der Waals surface area contributed by atoms with Gasteiger partial charge < -0.3 is 9.88 Å². The summed E-state index contributed by atoms with van der Waals surface area (Å²) in [7, 11) is 0. The van der Waals surface area contributed by atoms with Crippen molar-refractivity contribution in [2.45, 2.75) is 64.6 Å². The maximum absolute atomic E-state index is 12.3. The Labute approximate surface area is 137 Å². The molecule has 2 aliphatic heterocycles. The quantitative estimate of drug-likeness (QED) is 0.917. The van der Waals surface area contributed by atoms with Gasteiger partial charge in [-0.3, -0.25) is 9.69 Å². The van der Waals surface area contributed by atoms with Crippen LogP contribution in [-0.4, -0.2) is 50.7 Å². The van der Waals surface area contributed by atoms with Gasteiger partial charge in [0.05, 0.1) is 0 Å². The molecule has 1 saturated heterocycles. The Morgan fingerprint density at radius 2 is 1.87 bits per heavy atom. The lowest BCUT2D eigenvalue weighted by molar-refractivity contribution is 0.0924. The number of rotatable bonds is 3. The molecule has 6 nitrogen and oxygen atoms in total. The molecule has 1 aliphatic carbocycles. The molecule has 126 valence electrons. The first kappa shape index (κ1) is 15.1. The largest absolute Gasteiger partial charge is 0.347 e. The predicted octanol–water partition coefficient (Wildman–Crippen LogP) is 1.46. The molecular formula is C17H27N5O. The van der Waals surface area contributed by atoms with Crippen LogP contribution in [0.15, 0.2) is 0 Å². The van der Waals surface area contributed by atoms with Gasteiger partial charge in [-0.05, 0) is 38.5 Å². The van der Waals surface area contributed by atoms with Gasteiger partial charge in [0.15, 0.2) is 0 Å². The zero-order chi connectivity index (χ0) is 16.0. The summed E-state index contributed by atoms with van der Waals surface area (Å²) < 4.78 is 2.07. The summed E-state index contributed by atoms with van der Waals surface area (Å²) in [5.41, 5.74) is 0. The molecule has 3 heterocycles. The van der Waals surface area contributed by atoms with E-state index in [4.69, 9.17) is 0 Å². The molecule has 1 aromatic rings. The van der Waals surface area contributed by atoms with Crippen LogP contribution in [0.1, 0.15) is 56.0 Å². The van der Waals surface area contributed by atoms with Gasteiger partial charge in [-0.2, -0.15) is 0 Å². The predicted molar refractivity (Wildman–Crippen MR) is 87.1 cm³/mol. The Hall–Kier alpha value is -1.43. The molecule has 2 atom stereocenters. The minimum absolute atomic E-state index is 0.0946. The van der Waals surface area contributed by atoms with Crippen LogP contribution in [0.25, 0.3) is 0 Å². The van der Waals surface area contributed by atoms with Crippen molar-refractivity contribution in [3.63, 3.8) is 0 Å². The Balaban J connectivity index is 1.49. The van der Waals surface area contributed by atoms with Gasteiger partial charge in [0.25, 0.3) is 5.91 Å². The number of nitrogens with one attached hydrogen (secondary N) is 1. The number of hydrogen-bond donors (Lipinski definition) is 1. The minimum Gasteiger partial charge on any atom is -0.347 e. The Bertz CT molecular complexity index is 590. The van der Waals surface area contributed by atoms with Crippen LogP contribution in [0.2, 0.25) is 0 Å². The average Bonchev–Trinajstić information content (AvgIpc) is 3.22. The standard InChI is InChI=1S/C17H27N5O/c1-11(2)18-17(23)16-20-19-15-7-12-8-21(14-5-3-4-6-14)9-13(12)10-22(15)16/h11-14H,3-10H2,1-2H3,(H,18,23)/t12-,13-/m0/s1. The van der Waals surface area contributed by atoms with E-state index in [2.05, 4.69) is 25.0 Å².